The molecule has 1 fully saturated rings. The molecule has 9 nitrogen and oxygen atoms in total. The minimum absolute atomic E-state index is 0.0162. The van der Waals surface area contributed by atoms with Crippen LogP contribution in [0.1, 0.15) is 128 Å². The number of halogens is 6. The normalized spacial score (nSPS) is 17.0. The van der Waals surface area contributed by atoms with Gasteiger partial charge in [0.2, 0.25) is 0 Å². The van der Waals surface area contributed by atoms with Crippen LogP contribution in [0.2, 0.25) is 0 Å². The van der Waals surface area contributed by atoms with Crippen molar-refractivity contribution in [2.24, 2.45) is 22.2 Å². The van der Waals surface area contributed by atoms with Gasteiger partial charge in [0.15, 0.2) is 0 Å². The van der Waals surface area contributed by atoms with E-state index in [-0.39, 0.29) is 55.3 Å². The van der Waals surface area contributed by atoms with E-state index >= 15 is 0 Å². The molecule has 0 aliphatic heterocycles. The first-order valence-electron chi connectivity index (χ1n) is 16.4. The van der Waals surface area contributed by atoms with Gasteiger partial charge in [-0.3, -0.25) is 24.0 Å². The molecule has 0 unspecified atom stereocenters. The van der Waals surface area contributed by atoms with E-state index in [0.29, 0.717) is 6.42 Å². The van der Waals surface area contributed by atoms with Crippen LogP contribution in [-0.4, -0.2) is 67.4 Å². The maximum Gasteiger partial charge on any atom is 0.434 e. The van der Waals surface area contributed by atoms with E-state index in [0.717, 1.165) is 25.2 Å². The summed E-state index contributed by atoms with van der Waals surface area (Å²) in [6, 6.07) is 0. The van der Waals surface area contributed by atoms with Crippen LogP contribution < -0.4 is 0 Å². The quantitative estimate of drug-likeness (QED) is 0.0606. The Labute approximate surface area is 286 Å². The molecule has 0 bridgehead atoms. The molecule has 1 saturated carbocycles. The third-order valence-corrected chi connectivity index (χ3v) is 8.34. The van der Waals surface area contributed by atoms with Crippen LogP contribution in [-0.2, 0) is 42.9 Å². The highest BCUT2D eigenvalue weighted by molar-refractivity contribution is 5.94. The zero-order chi connectivity index (χ0) is 39.0. The van der Waals surface area contributed by atoms with Gasteiger partial charge in [-0.25, -0.2) is 0 Å². The third-order valence-electron chi connectivity index (χ3n) is 8.34. The molecule has 49 heavy (non-hydrogen) atoms. The molecule has 0 radical (unpaired) electrons. The van der Waals surface area contributed by atoms with E-state index in [1.165, 1.54) is 40.5 Å². The number of ether oxygens (including phenoxy) is 4. The van der Waals surface area contributed by atoms with Crippen LogP contribution in [0.5, 0.6) is 0 Å². The smallest absolute Gasteiger partial charge is 0.434 e. The van der Waals surface area contributed by atoms with Gasteiger partial charge in [0.1, 0.15) is 31.5 Å². The standard InChI is InChI=1S/C13H24O2.C12H20O5.C9H12F6O2/c1-5-13(3,4)12(14)15-11-8-6-10(2)7-9-11;1-5-12(3,4)11(15)17-7-6-16-10(14)8-9(2)13;1-4-7(2,3)6(16)17-5(8(10,11)12)9(13,14)15/h10-11H,5-9H2,1-4H3;5-8H2,1-4H3;5H,4H2,1-3H3. The van der Waals surface area contributed by atoms with Crippen LogP contribution in [0, 0.1) is 22.2 Å². The molecule has 1 aliphatic carbocycles. The highest BCUT2D eigenvalue weighted by Gasteiger charge is 2.60. The number of hydrogen-bond acceptors (Lipinski definition) is 9. The molecule has 0 saturated heterocycles. The summed E-state index contributed by atoms with van der Waals surface area (Å²) in [5.74, 6) is -1.91. The second-order valence-corrected chi connectivity index (χ2v) is 14.1. The van der Waals surface area contributed by atoms with E-state index in [9.17, 15) is 50.3 Å². The van der Waals surface area contributed by atoms with Crippen molar-refractivity contribution in [2.45, 2.75) is 152 Å². The summed E-state index contributed by atoms with van der Waals surface area (Å²) in [7, 11) is 0. The van der Waals surface area contributed by atoms with Gasteiger partial charge in [-0.1, -0.05) is 27.7 Å². The molecule has 0 aromatic carbocycles. The first kappa shape index (κ1) is 48.2. The van der Waals surface area contributed by atoms with Gasteiger partial charge in [-0.2, -0.15) is 26.3 Å². The van der Waals surface area contributed by atoms with E-state index in [4.69, 9.17) is 14.2 Å². The predicted octanol–water partition coefficient (Wildman–Crippen LogP) is 8.49. The number of hydrogen-bond donors (Lipinski definition) is 0. The van der Waals surface area contributed by atoms with Gasteiger partial charge >= 0.3 is 36.2 Å². The fourth-order valence-electron chi connectivity index (χ4n) is 3.42. The van der Waals surface area contributed by atoms with Gasteiger partial charge in [0.25, 0.3) is 6.10 Å². The molecule has 0 amide bonds. The third kappa shape index (κ3) is 19.8. The average molecular weight is 723 g/mol. The SMILES string of the molecule is CCC(C)(C)C(=O)OC(C(F)(F)F)C(F)(F)F.CCC(C)(C)C(=O)OC1CCC(C)CC1.CCC(C)(C)C(=O)OCCOC(=O)CC(C)=O. The lowest BCUT2D eigenvalue weighted by atomic mass is 9.87. The van der Waals surface area contributed by atoms with E-state index in [2.05, 4.69) is 11.7 Å². The fourth-order valence-corrected chi connectivity index (χ4v) is 3.42. The number of carbonyl (C=O) groups is 5. The minimum atomic E-state index is -5.67. The zero-order valence-corrected chi connectivity index (χ0v) is 30.7. The highest BCUT2D eigenvalue weighted by atomic mass is 19.4. The molecular formula is C34H56F6O9. The zero-order valence-electron chi connectivity index (χ0n) is 30.7. The van der Waals surface area contributed by atoms with Crippen molar-refractivity contribution < 1.29 is 69.3 Å². The Morgan fingerprint density at radius 1 is 0.633 bits per heavy atom. The van der Waals surface area contributed by atoms with Gasteiger partial charge in [-0.15, -0.1) is 0 Å². The van der Waals surface area contributed by atoms with Crippen LogP contribution >= 0.6 is 0 Å². The summed E-state index contributed by atoms with van der Waals surface area (Å²) < 4.78 is 91.2. The van der Waals surface area contributed by atoms with Crippen molar-refractivity contribution in [1.82, 2.24) is 0 Å². The number of esters is 4. The largest absolute Gasteiger partial charge is 0.462 e. The molecule has 288 valence electrons. The Morgan fingerprint density at radius 3 is 1.41 bits per heavy atom. The maximum absolute atomic E-state index is 12.1. The van der Waals surface area contributed by atoms with E-state index < -0.39 is 41.2 Å². The van der Waals surface area contributed by atoms with Crippen molar-refractivity contribution in [3.8, 4) is 0 Å². The van der Waals surface area contributed by atoms with Crippen LogP contribution in [0.4, 0.5) is 26.3 Å². The van der Waals surface area contributed by atoms with Gasteiger partial charge in [0, 0.05) is 0 Å². The van der Waals surface area contributed by atoms with Crippen molar-refractivity contribution in [2.75, 3.05) is 13.2 Å². The molecule has 1 aliphatic rings. The molecule has 15 heteroatoms. The van der Waals surface area contributed by atoms with Crippen molar-refractivity contribution in [3.63, 3.8) is 0 Å². The Hall–Kier alpha value is -2.87. The molecule has 0 aromatic rings. The molecule has 1 rings (SSSR count). The molecule has 0 N–H and O–H groups in total. The average Bonchev–Trinajstić information content (AvgIpc) is 2.97. The fraction of sp³-hybridized carbons (Fsp3) is 0.853. The number of carbonyl (C=O) groups excluding carboxylic acids is 5. The highest BCUT2D eigenvalue weighted by Crippen LogP contribution is 2.37. The number of alkyl halides is 6. The molecule has 0 atom stereocenters. The van der Waals surface area contributed by atoms with Crippen molar-refractivity contribution in [1.29, 1.82) is 0 Å². The van der Waals surface area contributed by atoms with Crippen LogP contribution in [0.3, 0.4) is 0 Å². The van der Waals surface area contributed by atoms with Gasteiger partial charge in [-0.05, 0) is 99.3 Å². The summed E-state index contributed by atoms with van der Waals surface area (Å²) in [4.78, 5) is 56.0. The number of rotatable bonds is 13. The predicted molar refractivity (Wildman–Crippen MR) is 169 cm³/mol. The first-order valence-corrected chi connectivity index (χ1v) is 16.4. The lowest BCUT2D eigenvalue weighted by Gasteiger charge is -2.29. The summed E-state index contributed by atoms with van der Waals surface area (Å²) in [5, 5.41) is 0. The van der Waals surface area contributed by atoms with Gasteiger partial charge in [0.05, 0.1) is 16.2 Å². The Balaban J connectivity index is 0. The second-order valence-electron chi connectivity index (χ2n) is 14.1. The van der Waals surface area contributed by atoms with Crippen molar-refractivity contribution >= 4 is 29.7 Å². The van der Waals surface area contributed by atoms with Crippen LogP contribution in [0.25, 0.3) is 0 Å². The summed E-state index contributed by atoms with van der Waals surface area (Å²) >= 11 is 0. The lowest BCUT2D eigenvalue weighted by Crippen LogP contribution is -2.47. The summed E-state index contributed by atoms with van der Waals surface area (Å²) in [6.07, 6.45) is -9.40. The van der Waals surface area contributed by atoms with Gasteiger partial charge < -0.3 is 18.9 Å². The molecule has 0 heterocycles. The van der Waals surface area contributed by atoms with Crippen LogP contribution in [0.15, 0.2) is 0 Å². The van der Waals surface area contributed by atoms with E-state index in [1.54, 1.807) is 13.8 Å². The molecule has 0 aromatic heterocycles. The Kier molecular flexibility index (Phi) is 20.4. The minimum Gasteiger partial charge on any atom is -0.462 e. The summed E-state index contributed by atoms with van der Waals surface area (Å²) in [6.45, 7) is 18.9. The summed E-state index contributed by atoms with van der Waals surface area (Å²) in [5.41, 5.74) is -2.23. The molecular weight excluding hydrogens is 666 g/mol. The van der Waals surface area contributed by atoms with Crippen molar-refractivity contribution in [3.05, 3.63) is 0 Å². The maximum atomic E-state index is 12.1. The monoisotopic (exact) mass is 722 g/mol. The second kappa shape index (κ2) is 20.7. The Morgan fingerprint density at radius 2 is 1.02 bits per heavy atom. The topological polar surface area (TPSA) is 122 Å². The molecule has 0 spiro atoms. The first-order chi connectivity index (χ1) is 22.1. The number of ketones is 1. The lowest BCUT2D eigenvalue weighted by molar-refractivity contribution is -0.315. The van der Waals surface area contributed by atoms with E-state index in [1.807, 2.05) is 27.7 Å². The Bertz CT molecular complexity index is 1040. The number of Topliss-reactive ketones (excluding diaryl/α,β-unsaturated/α-hetero) is 1.